The van der Waals surface area contributed by atoms with Crippen molar-refractivity contribution in [2.45, 2.75) is 39.4 Å². The van der Waals surface area contributed by atoms with Gasteiger partial charge in [0.2, 0.25) is 5.91 Å². The van der Waals surface area contributed by atoms with Gasteiger partial charge in [0.1, 0.15) is 6.61 Å². The van der Waals surface area contributed by atoms with Crippen molar-refractivity contribution in [3.63, 3.8) is 0 Å². The molecule has 0 N–H and O–H groups in total. The number of carbonyl (C=O) groups is 3. The Bertz CT molecular complexity index is 1200. The van der Waals surface area contributed by atoms with Gasteiger partial charge in [0.15, 0.2) is 0 Å². The van der Waals surface area contributed by atoms with Crippen LogP contribution in [0.5, 0.6) is 0 Å². The number of benzene rings is 3. The zero-order valence-corrected chi connectivity index (χ0v) is 21.3. The third-order valence-corrected chi connectivity index (χ3v) is 6.62. The summed E-state index contributed by atoms with van der Waals surface area (Å²) in [4.78, 5) is 46.9. The molecular formula is C30H32N2O5. The van der Waals surface area contributed by atoms with Crippen LogP contribution in [0, 0.1) is 11.8 Å². The molecule has 3 aromatic carbocycles. The van der Waals surface area contributed by atoms with Gasteiger partial charge in [-0.2, -0.15) is 0 Å². The van der Waals surface area contributed by atoms with E-state index in [2.05, 4.69) is 0 Å². The highest BCUT2D eigenvalue weighted by atomic mass is 16.7. The number of hydroxylamine groups is 2. The Balaban J connectivity index is 1.73. The first-order valence-electron chi connectivity index (χ1n) is 12.5. The van der Waals surface area contributed by atoms with Gasteiger partial charge in [0.25, 0.3) is 0 Å². The van der Waals surface area contributed by atoms with Crippen LogP contribution < -0.4 is 0 Å². The lowest BCUT2D eigenvalue weighted by Crippen LogP contribution is -2.48. The molecular weight excluding hydrogens is 468 g/mol. The second-order valence-electron chi connectivity index (χ2n) is 9.55. The quantitative estimate of drug-likeness (QED) is 0.354. The maximum Gasteiger partial charge on any atom is 0.416 e. The average Bonchev–Trinajstić information content (AvgIpc) is 3.31. The molecule has 0 unspecified atom stereocenters. The molecule has 0 saturated carbocycles. The highest BCUT2D eigenvalue weighted by Crippen LogP contribution is 2.34. The maximum atomic E-state index is 13.9. The first kappa shape index (κ1) is 26.1. The smallest absolute Gasteiger partial charge is 0.416 e. The Morgan fingerprint density at radius 3 is 2.08 bits per heavy atom. The van der Waals surface area contributed by atoms with Crippen molar-refractivity contribution in [1.82, 2.24) is 9.96 Å². The Labute approximate surface area is 217 Å². The van der Waals surface area contributed by atoms with Crippen LogP contribution in [0.3, 0.4) is 0 Å². The lowest BCUT2D eigenvalue weighted by molar-refractivity contribution is -0.169. The maximum absolute atomic E-state index is 13.9. The summed E-state index contributed by atoms with van der Waals surface area (Å²) in [6.45, 7) is 6.08. The number of amides is 2. The number of hydrogen-bond donors (Lipinski definition) is 0. The summed E-state index contributed by atoms with van der Waals surface area (Å²) in [6.07, 6.45) is -0.641. The van der Waals surface area contributed by atoms with Crippen molar-refractivity contribution < 1.29 is 24.0 Å². The number of cyclic esters (lactones) is 1. The molecule has 3 aromatic rings. The van der Waals surface area contributed by atoms with Crippen LogP contribution >= 0.6 is 0 Å². The molecule has 0 radical (unpaired) electrons. The van der Waals surface area contributed by atoms with E-state index < -0.39 is 24.0 Å². The second-order valence-corrected chi connectivity index (χ2v) is 9.55. The van der Waals surface area contributed by atoms with Crippen molar-refractivity contribution in [2.24, 2.45) is 11.8 Å². The van der Waals surface area contributed by atoms with E-state index in [9.17, 15) is 14.4 Å². The highest BCUT2D eigenvalue weighted by molar-refractivity contribution is 5.95. The van der Waals surface area contributed by atoms with Crippen LogP contribution in [0.15, 0.2) is 91.0 Å². The van der Waals surface area contributed by atoms with E-state index in [0.29, 0.717) is 5.56 Å². The molecule has 7 heteroatoms. The summed E-state index contributed by atoms with van der Waals surface area (Å²) in [7, 11) is 0. The van der Waals surface area contributed by atoms with Crippen LogP contribution in [0.4, 0.5) is 4.79 Å². The molecule has 1 aliphatic heterocycles. The Morgan fingerprint density at radius 2 is 1.49 bits per heavy atom. The summed E-state index contributed by atoms with van der Waals surface area (Å²) in [5, 5.41) is 1.55. The van der Waals surface area contributed by atoms with Gasteiger partial charge in [0.05, 0.1) is 30.1 Å². The van der Waals surface area contributed by atoms with E-state index in [1.807, 2.05) is 80.6 Å². The van der Waals surface area contributed by atoms with Gasteiger partial charge >= 0.3 is 12.1 Å². The fraction of sp³-hybridized carbons (Fsp3) is 0.300. The third kappa shape index (κ3) is 6.06. The molecule has 2 amide bonds. The molecule has 1 aliphatic rings. The molecule has 3 atom stereocenters. The van der Waals surface area contributed by atoms with Gasteiger partial charge in [-0.25, -0.2) is 14.5 Å². The summed E-state index contributed by atoms with van der Waals surface area (Å²) in [6, 6.07) is 26.7. The van der Waals surface area contributed by atoms with Crippen LogP contribution in [-0.2, 0) is 20.9 Å². The monoisotopic (exact) mass is 500 g/mol. The summed E-state index contributed by atoms with van der Waals surface area (Å²) < 4.78 is 5.24. The molecule has 7 nitrogen and oxygen atoms in total. The third-order valence-electron chi connectivity index (χ3n) is 6.62. The standard InChI is InChI=1S/C30H32N2O5/c1-21(2)26-20-36-30(35)32(26)28(33)22(3)27(24-15-9-5-10-16-24)31(19-23-13-7-4-8-14-23)37-29(34)25-17-11-6-12-18-25/h4-18,21-22,26-27H,19-20H2,1-3H3/t22-,26+,27+/m0/s1. The number of nitrogens with zero attached hydrogens (tertiary/aromatic N) is 2. The molecule has 0 aromatic heterocycles. The predicted molar refractivity (Wildman–Crippen MR) is 139 cm³/mol. The van der Waals surface area contributed by atoms with Gasteiger partial charge in [-0.1, -0.05) is 99.6 Å². The number of hydrogen-bond acceptors (Lipinski definition) is 6. The first-order valence-corrected chi connectivity index (χ1v) is 12.5. The molecule has 0 bridgehead atoms. The molecule has 1 heterocycles. The minimum absolute atomic E-state index is 0.0362. The SMILES string of the molecule is CC(C)[C@H]1COC(=O)N1C(=O)[C@@H](C)[C@H](c1ccccc1)N(Cc1ccccc1)OC(=O)c1ccccc1. The van der Waals surface area contributed by atoms with Gasteiger partial charge in [-0.15, -0.1) is 5.06 Å². The number of imide groups is 1. The summed E-state index contributed by atoms with van der Waals surface area (Å²) in [5.41, 5.74) is 2.09. The van der Waals surface area contributed by atoms with Gasteiger partial charge in [-0.3, -0.25) is 4.79 Å². The lowest BCUT2D eigenvalue weighted by atomic mass is 9.91. The zero-order valence-electron chi connectivity index (χ0n) is 21.3. The van der Waals surface area contributed by atoms with E-state index in [0.717, 1.165) is 11.1 Å². The number of rotatable bonds is 9. The van der Waals surface area contributed by atoms with Crippen molar-refractivity contribution in [1.29, 1.82) is 0 Å². The van der Waals surface area contributed by atoms with E-state index >= 15 is 0 Å². The van der Waals surface area contributed by atoms with Crippen molar-refractivity contribution in [3.05, 3.63) is 108 Å². The number of carbonyl (C=O) groups excluding carboxylic acids is 3. The average molecular weight is 501 g/mol. The molecule has 0 aliphatic carbocycles. The largest absolute Gasteiger partial charge is 0.447 e. The normalized spacial score (nSPS) is 16.9. The Hall–Kier alpha value is -3.97. The molecule has 1 saturated heterocycles. The van der Waals surface area contributed by atoms with E-state index in [1.165, 1.54) is 4.90 Å². The lowest BCUT2D eigenvalue weighted by Gasteiger charge is -2.35. The predicted octanol–water partition coefficient (Wildman–Crippen LogP) is 5.64. The topological polar surface area (TPSA) is 76.2 Å². The van der Waals surface area contributed by atoms with Crippen molar-refractivity contribution in [2.75, 3.05) is 6.61 Å². The Kier molecular flexibility index (Phi) is 8.36. The van der Waals surface area contributed by atoms with Crippen LogP contribution in [0.1, 0.15) is 48.3 Å². The van der Waals surface area contributed by atoms with E-state index in [-0.39, 0.29) is 31.0 Å². The van der Waals surface area contributed by atoms with E-state index in [4.69, 9.17) is 9.57 Å². The van der Waals surface area contributed by atoms with Gasteiger partial charge < -0.3 is 9.57 Å². The minimum Gasteiger partial charge on any atom is -0.447 e. The number of ether oxygens (including phenoxy) is 1. The molecule has 1 fully saturated rings. The minimum atomic E-state index is -0.735. The van der Waals surface area contributed by atoms with Crippen LogP contribution in [-0.4, -0.2) is 40.6 Å². The van der Waals surface area contributed by atoms with Gasteiger partial charge in [-0.05, 0) is 29.2 Å². The highest BCUT2D eigenvalue weighted by Gasteiger charge is 2.44. The molecule has 192 valence electrons. The fourth-order valence-corrected chi connectivity index (χ4v) is 4.57. The second kappa shape index (κ2) is 11.8. The fourth-order valence-electron chi connectivity index (χ4n) is 4.57. The van der Waals surface area contributed by atoms with Gasteiger partial charge in [0, 0.05) is 0 Å². The molecule has 4 rings (SSSR count). The van der Waals surface area contributed by atoms with Crippen LogP contribution in [0.2, 0.25) is 0 Å². The molecule has 37 heavy (non-hydrogen) atoms. The summed E-state index contributed by atoms with van der Waals surface area (Å²) >= 11 is 0. The van der Waals surface area contributed by atoms with Crippen molar-refractivity contribution >= 4 is 18.0 Å². The van der Waals surface area contributed by atoms with Crippen LogP contribution in [0.25, 0.3) is 0 Å². The molecule has 0 spiro atoms. The van der Waals surface area contributed by atoms with E-state index in [1.54, 1.807) is 36.3 Å². The zero-order chi connectivity index (χ0) is 26.4. The summed E-state index contributed by atoms with van der Waals surface area (Å²) in [5.74, 6) is -1.60. The van der Waals surface area contributed by atoms with Crippen molar-refractivity contribution in [3.8, 4) is 0 Å². The Morgan fingerprint density at radius 1 is 0.919 bits per heavy atom. The first-order chi connectivity index (χ1) is 17.9.